The zero-order valence-electron chi connectivity index (χ0n) is 15.1. The Labute approximate surface area is 155 Å². The van der Waals surface area contributed by atoms with Crippen molar-refractivity contribution in [3.05, 3.63) is 47.7 Å². The molecular formula is C18H20F3NO4S. The Hall–Kier alpha value is -2.29. The van der Waals surface area contributed by atoms with Gasteiger partial charge in [-0.25, -0.2) is 8.42 Å². The second kappa shape index (κ2) is 7.75. The van der Waals surface area contributed by atoms with Gasteiger partial charge in [-0.3, -0.25) is 4.79 Å². The van der Waals surface area contributed by atoms with E-state index in [4.69, 9.17) is 4.42 Å². The average molecular weight is 403 g/mol. The van der Waals surface area contributed by atoms with Crippen LogP contribution in [0.1, 0.15) is 30.0 Å². The maximum absolute atomic E-state index is 12.9. The minimum Gasteiger partial charge on any atom is -0.451 e. The van der Waals surface area contributed by atoms with E-state index >= 15 is 0 Å². The third-order valence-corrected chi connectivity index (χ3v) is 5.06. The molecule has 0 fully saturated rings. The van der Waals surface area contributed by atoms with Gasteiger partial charge in [-0.05, 0) is 38.1 Å². The van der Waals surface area contributed by atoms with Crippen LogP contribution < -0.4 is 0 Å². The molecule has 0 aliphatic carbocycles. The van der Waals surface area contributed by atoms with Gasteiger partial charge in [0.15, 0.2) is 5.76 Å². The Bertz CT molecular complexity index is 919. The van der Waals surface area contributed by atoms with Gasteiger partial charge in [-0.15, -0.1) is 0 Å². The predicted octanol–water partition coefficient (Wildman–Crippen LogP) is 3.86. The van der Waals surface area contributed by atoms with Gasteiger partial charge in [0.05, 0.1) is 11.3 Å². The molecule has 1 unspecified atom stereocenters. The van der Waals surface area contributed by atoms with Gasteiger partial charge in [0.1, 0.15) is 15.6 Å². The minimum absolute atomic E-state index is 0.0652. The fraction of sp³-hybridized carbons (Fsp3) is 0.389. The van der Waals surface area contributed by atoms with Crippen molar-refractivity contribution in [2.45, 2.75) is 26.1 Å². The molecular weight excluding hydrogens is 383 g/mol. The molecule has 5 nitrogen and oxygen atoms in total. The van der Waals surface area contributed by atoms with E-state index in [1.165, 1.54) is 29.2 Å². The van der Waals surface area contributed by atoms with Crippen molar-refractivity contribution in [3.63, 3.8) is 0 Å². The van der Waals surface area contributed by atoms with Gasteiger partial charge < -0.3 is 9.32 Å². The van der Waals surface area contributed by atoms with Crippen LogP contribution in [-0.2, 0) is 16.0 Å². The molecule has 148 valence electrons. The molecule has 0 saturated heterocycles. The van der Waals surface area contributed by atoms with Crippen molar-refractivity contribution in [1.29, 1.82) is 0 Å². The maximum Gasteiger partial charge on any atom is 0.416 e. The fourth-order valence-electron chi connectivity index (χ4n) is 2.78. The zero-order chi connectivity index (χ0) is 20.4. The van der Waals surface area contributed by atoms with Crippen molar-refractivity contribution in [3.8, 4) is 11.3 Å². The summed E-state index contributed by atoms with van der Waals surface area (Å²) in [5.74, 6) is -0.666. The number of carbonyl (C=O) groups is 1. The summed E-state index contributed by atoms with van der Waals surface area (Å²) in [6.07, 6.45) is -3.40. The third-order valence-electron chi connectivity index (χ3n) is 3.97. The first-order chi connectivity index (χ1) is 12.4. The number of nitrogens with zero attached hydrogens (tertiary/aromatic N) is 1. The molecule has 0 saturated carbocycles. The highest BCUT2D eigenvalue weighted by atomic mass is 32.2. The highest BCUT2D eigenvalue weighted by Gasteiger charge is 2.31. The van der Waals surface area contributed by atoms with Gasteiger partial charge in [0.25, 0.3) is 5.91 Å². The third kappa shape index (κ3) is 5.35. The molecule has 2 aromatic rings. The van der Waals surface area contributed by atoms with E-state index in [0.717, 1.165) is 18.4 Å². The van der Waals surface area contributed by atoms with Crippen LogP contribution in [0.25, 0.3) is 11.3 Å². The topological polar surface area (TPSA) is 67.6 Å². The molecule has 0 bridgehead atoms. The Morgan fingerprint density at radius 1 is 1.22 bits per heavy atom. The molecule has 0 radical (unpaired) electrons. The normalized spacial score (nSPS) is 13.4. The predicted molar refractivity (Wildman–Crippen MR) is 95.0 cm³/mol. The van der Waals surface area contributed by atoms with Crippen LogP contribution in [-0.4, -0.2) is 43.8 Å². The van der Waals surface area contributed by atoms with Gasteiger partial charge >= 0.3 is 6.18 Å². The molecule has 1 heterocycles. The smallest absolute Gasteiger partial charge is 0.416 e. The second-order valence-electron chi connectivity index (χ2n) is 6.28. The lowest BCUT2D eigenvalue weighted by Gasteiger charge is -2.26. The second-order valence-corrected chi connectivity index (χ2v) is 8.46. The van der Waals surface area contributed by atoms with Gasteiger partial charge in [0.2, 0.25) is 0 Å². The van der Waals surface area contributed by atoms with Crippen molar-refractivity contribution in [2.24, 2.45) is 0 Å². The number of halogens is 3. The molecule has 27 heavy (non-hydrogen) atoms. The molecule has 1 aromatic carbocycles. The number of amides is 1. The summed E-state index contributed by atoms with van der Waals surface area (Å²) < 4.78 is 67.0. The Balaban J connectivity index is 2.27. The quantitative estimate of drug-likeness (QED) is 0.735. The SMILES string of the molecule is CCN(C(=O)c1ccc(-c2cccc(C(F)(F)F)c2)o1)C(C)CS(C)(=O)=O. The Kier molecular flexibility index (Phi) is 6.04. The number of hydrogen-bond donors (Lipinski definition) is 0. The van der Waals surface area contributed by atoms with Crippen molar-refractivity contribution < 1.29 is 30.8 Å². The number of carbonyl (C=O) groups excluding carboxylic acids is 1. The van der Waals surface area contributed by atoms with Crippen molar-refractivity contribution in [2.75, 3.05) is 18.6 Å². The zero-order valence-corrected chi connectivity index (χ0v) is 15.9. The van der Waals surface area contributed by atoms with E-state index in [1.807, 2.05) is 0 Å². The van der Waals surface area contributed by atoms with Crippen LogP contribution in [0.15, 0.2) is 40.8 Å². The van der Waals surface area contributed by atoms with Crippen LogP contribution in [0, 0.1) is 0 Å². The van der Waals surface area contributed by atoms with E-state index in [0.29, 0.717) is 0 Å². The van der Waals surface area contributed by atoms with Gasteiger partial charge in [-0.1, -0.05) is 12.1 Å². The molecule has 0 aliphatic heterocycles. The Morgan fingerprint density at radius 3 is 2.44 bits per heavy atom. The lowest BCUT2D eigenvalue weighted by molar-refractivity contribution is -0.137. The number of alkyl halides is 3. The number of rotatable bonds is 6. The highest BCUT2D eigenvalue weighted by Crippen LogP contribution is 2.32. The summed E-state index contributed by atoms with van der Waals surface area (Å²) in [5, 5.41) is 0. The highest BCUT2D eigenvalue weighted by molar-refractivity contribution is 7.90. The molecule has 9 heteroatoms. The van der Waals surface area contributed by atoms with E-state index in [9.17, 15) is 26.4 Å². The van der Waals surface area contributed by atoms with Gasteiger partial charge in [0, 0.05) is 24.4 Å². The van der Waals surface area contributed by atoms with Crippen LogP contribution in [0.2, 0.25) is 0 Å². The molecule has 0 aliphatic rings. The summed E-state index contributed by atoms with van der Waals surface area (Å²) in [5.41, 5.74) is -0.627. The molecule has 1 amide bonds. The first kappa shape index (κ1) is 21.0. The Morgan fingerprint density at radius 2 is 1.89 bits per heavy atom. The van der Waals surface area contributed by atoms with Crippen molar-refractivity contribution >= 4 is 15.7 Å². The minimum atomic E-state index is -4.48. The maximum atomic E-state index is 12.9. The van der Waals surface area contributed by atoms with Crippen LogP contribution in [0.5, 0.6) is 0 Å². The summed E-state index contributed by atoms with van der Waals surface area (Å²) in [6.45, 7) is 3.57. The number of furan rings is 1. The van der Waals surface area contributed by atoms with Crippen LogP contribution in [0.3, 0.4) is 0 Å². The molecule has 0 spiro atoms. The summed E-state index contributed by atoms with van der Waals surface area (Å²) in [4.78, 5) is 14.0. The number of hydrogen-bond acceptors (Lipinski definition) is 4. The van der Waals surface area contributed by atoms with Crippen LogP contribution in [0.4, 0.5) is 13.2 Å². The first-order valence-electron chi connectivity index (χ1n) is 8.18. The fourth-order valence-corrected chi connectivity index (χ4v) is 3.84. The lowest BCUT2D eigenvalue weighted by Crippen LogP contribution is -2.42. The lowest BCUT2D eigenvalue weighted by atomic mass is 10.1. The molecule has 0 N–H and O–H groups in total. The molecule has 1 atom stereocenters. The number of benzene rings is 1. The van der Waals surface area contributed by atoms with E-state index < -0.39 is 33.5 Å². The molecule has 2 rings (SSSR count). The van der Waals surface area contributed by atoms with Crippen LogP contribution >= 0.6 is 0 Å². The monoisotopic (exact) mass is 403 g/mol. The number of sulfone groups is 1. The largest absolute Gasteiger partial charge is 0.451 e. The van der Waals surface area contributed by atoms with E-state index in [2.05, 4.69) is 0 Å². The summed E-state index contributed by atoms with van der Waals surface area (Å²) >= 11 is 0. The van der Waals surface area contributed by atoms with E-state index in [1.54, 1.807) is 13.8 Å². The standard InChI is InChI=1S/C18H20F3NO4S/c1-4-22(12(2)11-27(3,24)25)17(23)16-9-8-15(26-16)13-6-5-7-14(10-13)18(19,20)21/h5-10,12H,4,11H2,1-3H3. The van der Waals surface area contributed by atoms with Gasteiger partial charge in [-0.2, -0.15) is 13.2 Å². The summed E-state index contributed by atoms with van der Waals surface area (Å²) in [6, 6.07) is 6.81. The molecule has 1 aromatic heterocycles. The average Bonchev–Trinajstić information content (AvgIpc) is 3.03. The first-order valence-corrected chi connectivity index (χ1v) is 10.2. The summed E-state index contributed by atoms with van der Waals surface area (Å²) in [7, 11) is -3.28. The van der Waals surface area contributed by atoms with E-state index in [-0.39, 0.29) is 29.4 Å². The van der Waals surface area contributed by atoms with Crippen molar-refractivity contribution in [1.82, 2.24) is 4.90 Å².